The number of hydrogen-bond donors (Lipinski definition) is 0. The van der Waals surface area contributed by atoms with E-state index in [4.69, 9.17) is 9.47 Å². The molecule has 0 atom stereocenters. The van der Waals surface area contributed by atoms with Crippen LogP contribution < -0.4 is 4.90 Å². The zero-order valence-electron chi connectivity index (χ0n) is 12.3. The van der Waals surface area contributed by atoms with Crippen LogP contribution >= 0.6 is 0 Å². The largest absolute Gasteiger partial charge is 0.465 e. The van der Waals surface area contributed by atoms with Crippen LogP contribution in [0.1, 0.15) is 27.7 Å². The molecule has 1 rings (SSSR count). The lowest BCUT2D eigenvalue weighted by Crippen LogP contribution is -2.40. The highest BCUT2D eigenvalue weighted by Crippen LogP contribution is 2.17. The summed E-state index contributed by atoms with van der Waals surface area (Å²) in [5.41, 5.74) is -0.165. The summed E-state index contributed by atoms with van der Waals surface area (Å²) in [7, 11) is 0. The molecule has 0 unspecified atom stereocenters. The molecule has 0 aliphatic heterocycles. The number of hydrogen-bond acceptors (Lipinski definition) is 5. The maximum absolute atomic E-state index is 12.2. The van der Waals surface area contributed by atoms with Crippen molar-refractivity contribution in [2.45, 2.75) is 33.3 Å². The van der Waals surface area contributed by atoms with Crippen molar-refractivity contribution in [1.82, 2.24) is 4.98 Å². The van der Waals surface area contributed by atoms with Gasteiger partial charge >= 0.3 is 12.1 Å². The minimum atomic E-state index is -0.647. The fraction of sp³-hybridized carbons (Fsp3) is 0.500. The summed E-state index contributed by atoms with van der Waals surface area (Å²) in [5.74, 6) is -0.498. The van der Waals surface area contributed by atoms with Crippen molar-refractivity contribution in [3.8, 4) is 0 Å². The van der Waals surface area contributed by atoms with Gasteiger partial charge in [-0.3, -0.25) is 14.7 Å². The van der Waals surface area contributed by atoms with Gasteiger partial charge in [0.2, 0.25) is 0 Å². The standard InChI is InChI=1S/C14H20N2O4/c1-5-19-12(17)10-16(11-7-6-8-15-9-11)13(18)20-14(2,3)4/h6-9H,5,10H2,1-4H3. The van der Waals surface area contributed by atoms with Gasteiger partial charge in [0.1, 0.15) is 12.1 Å². The summed E-state index contributed by atoms with van der Waals surface area (Å²) in [5, 5.41) is 0. The maximum atomic E-state index is 12.2. The predicted octanol–water partition coefficient (Wildman–Crippen LogP) is 2.39. The first kappa shape index (κ1) is 15.9. The van der Waals surface area contributed by atoms with Gasteiger partial charge in [-0.15, -0.1) is 0 Å². The smallest absolute Gasteiger partial charge is 0.415 e. The lowest BCUT2D eigenvalue weighted by atomic mass is 10.2. The van der Waals surface area contributed by atoms with Crippen molar-refractivity contribution >= 4 is 17.7 Å². The highest BCUT2D eigenvalue weighted by molar-refractivity contribution is 5.93. The summed E-state index contributed by atoms with van der Waals surface area (Å²) in [6.07, 6.45) is 2.46. The van der Waals surface area contributed by atoms with Crippen molar-refractivity contribution in [3.05, 3.63) is 24.5 Å². The van der Waals surface area contributed by atoms with E-state index in [2.05, 4.69) is 4.98 Å². The van der Waals surface area contributed by atoms with Gasteiger partial charge in [-0.2, -0.15) is 0 Å². The van der Waals surface area contributed by atoms with E-state index >= 15 is 0 Å². The van der Waals surface area contributed by atoms with Crippen LogP contribution in [0.15, 0.2) is 24.5 Å². The fourth-order valence-corrected chi connectivity index (χ4v) is 1.43. The van der Waals surface area contributed by atoms with Gasteiger partial charge in [-0.1, -0.05) is 0 Å². The molecule has 0 aromatic carbocycles. The molecule has 1 aromatic rings. The van der Waals surface area contributed by atoms with Crippen LogP contribution in [0.5, 0.6) is 0 Å². The number of carbonyl (C=O) groups is 2. The normalized spacial score (nSPS) is 10.8. The van der Waals surface area contributed by atoms with Gasteiger partial charge in [0.15, 0.2) is 0 Å². The average Bonchev–Trinajstić information content (AvgIpc) is 2.35. The Hall–Kier alpha value is -2.11. The number of anilines is 1. The van der Waals surface area contributed by atoms with E-state index in [-0.39, 0.29) is 13.2 Å². The first-order chi connectivity index (χ1) is 9.33. The molecule has 0 radical (unpaired) electrons. The molecule has 0 N–H and O–H groups in total. The van der Waals surface area contributed by atoms with Crippen molar-refractivity contribution in [3.63, 3.8) is 0 Å². The van der Waals surface area contributed by atoms with Crippen LogP contribution in [0, 0.1) is 0 Å². The van der Waals surface area contributed by atoms with Crippen molar-refractivity contribution in [2.75, 3.05) is 18.1 Å². The van der Waals surface area contributed by atoms with Crippen molar-refractivity contribution in [1.29, 1.82) is 0 Å². The Morgan fingerprint density at radius 1 is 1.35 bits per heavy atom. The quantitative estimate of drug-likeness (QED) is 0.792. The molecule has 0 fully saturated rings. The number of esters is 1. The van der Waals surface area contributed by atoms with Gasteiger partial charge in [-0.05, 0) is 39.8 Å². The minimum absolute atomic E-state index is 0.214. The molecule has 0 spiro atoms. The third-order valence-corrected chi connectivity index (χ3v) is 2.16. The molecule has 0 bridgehead atoms. The Morgan fingerprint density at radius 3 is 2.55 bits per heavy atom. The number of carbonyl (C=O) groups excluding carboxylic acids is 2. The molecule has 1 heterocycles. The highest BCUT2D eigenvalue weighted by atomic mass is 16.6. The van der Waals surface area contributed by atoms with E-state index < -0.39 is 17.7 Å². The number of pyridine rings is 1. The van der Waals surface area contributed by atoms with Gasteiger partial charge in [0.25, 0.3) is 0 Å². The Balaban J connectivity index is 2.90. The van der Waals surface area contributed by atoms with E-state index in [1.165, 1.54) is 11.1 Å². The van der Waals surface area contributed by atoms with Gasteiger partial charge in [0.05, 0.1) is 18.5 Å². The second-order valence-electron chi connectivity index (χ2n) is 5.08. The molecule has 20 heavy (non-hydrogen) atoms. The van der Waals surface area contributed by atoms with E-state index in [1.807, 2.05) is 0 Å². The predicted molar refractivity (Wildman–Crippen MR) is 74.5 cm³/mol. The Morgan fingerprint density at radius 2 is 2.05 bits per heavy atom. The Kier molecular flexibility index (Phi) is 5.49. The number of amides is 1. The van der Waals surface area contributed by atoms with Crippen LogP contribution in [0.25, 0.3) is 0 Å². The summed E-state index contributed by atoms with van der Waals surface area (Å²) < 4.78 is 10.2. The van der Waals surface area contributed by atoms with Crippen LogP contribution in [-0.2, 0) is 14.3 Å². The minimum Gasteiger partial charge on any atom is -0.465 e. The molecule has 0 saturated carbocycles. The number of rotatable bonds is 4. The number of nitrogens with zero attached hydrogens (tertiary/aromatic N) is 2. The molecular weight excluding hydrogens is 260 g/mol. The molecule has 6 heteroatoms. The van der Waals surface area contributed by atoms with Crippen molar-refractivity contribution in [2.24, 2.45) is 0 Å². The molecule has 1 aromatic heterocycles. The van der Waals surface area contributed by atoms with E-state index in [1.54, 1.807) is 46.0 Å². The Bertz CT molecular complexity index is 454. The molecule has 0 aliphatic carbocycles. The molecule has 0 aliphatic rings. The van der Waals surface area contributed by atoms with Gasteiger partial charge in [-0.25, -0.2) is 4.79 Å². The van der Waals surface area contributed by atoms with E-state index in [0.29, 0.717) is 5.69 Å². The van der Waals surface area contributed by atoms with Crippen LogP contribution in [0.3, 0.4) is 0 Å². The summed E-state index contributed by atoms with van der Waals surface area (Å²) in [4.78, 5) is 28.9. The molecule has 6 nitrogen and oxygen atoms in total. The fourth-order valence-electron chi connectivity index (χ4n) is 1.43. The first-order valence-electron chi connectivity index (χ1n) is 6.39. The lowest BCUT2D eigenvalue weighted by molar-refractivity contribution is -0.141. The first-order valence-corrected chi connectivity index (χ1v) is 6.39. The highest BCUT2D eigenvalue weighted by Gasteiger charge is 2.25. The summed E-state index contributed by atoms with van der Waals surface area (Å²) in [6, 6.07) is 3.36. The van der Waals surface area contributed by atoms with E-state index in [0.717, 1.165) is 0 Å². The van der Waals surface area contributed by atoms with Crippen LogP contribution in [0.2, 0.25) is 0 Å². The topological polar surface area (TPSA) is 68.7 Å². The molecule has 0 saturated heterocycles. The van der Waals surface area contributed by atoms with E-state index in [9.17, 15) is 9.59 Å². The second kappa shape index (κ2) is 6.88. The monoisotopic (exact) mass is 280 g/mol. The number of aromatic nitrogens is 1. The average molecular weight is 280 g/mol. The second-order valence-corrected chi connectivity index (χ2v) is 5.08. The van der Waals surface area contributed by atoms with Crippen molar-refractivity contribution < 1.29 is 19.1 Å². The molecule has 110 valence electrons. The molecule has 1 amide bonds. The lowest BCUT2D eigenvalue weighted by Gasteiger charge is -2.26. The van der Waals surface area contributed by atoms with Gasteiger partial charge in [0, 0.05) is 6.20 Å². The number of ether oxygens (including phenoxy) is 2. The zero-order chi connectivity index (χ0) is 15.2. The van der Waals surface area contributed by atoms with Gasteiger partial charge < -0.3 is 9.47 Å². The maximum Gasteiger partial charge on any atom is 0.415 e. The zero-order valence-corrected chi connectivity index (χ0v) is 12.3. The summed E-state index contributed by atoms with van der Waals surface area (Å²) >= 11 is 0. The third-order valence-electron chi connectivity index (χ3n) is 2.16. The third kappa shape index (κ3) is 5.26. The summed E-state index contributed by atoms with van der Waals surface area (Å²) in [6.45, 7) is 7.03. The Labute approximate surface area is 118 Å². The van der Waals surface area contributed by atoms with Crippen LogP contribution in [0.4, 0.5) is 10.5 Å². The SMILES string of the molecule is CCOC(=O)CN(C(=O)OC(C)(C)C)c1cccnc1. The molecular formula is C14H20N2O4. The van der Waals surface area contributed by atoms with Crippen LogP contribution in [-0.4, -0.2) is 35.8 Å².